The molecule has 3 nitrogen and oxygen atoms in total. The van der Waals surface area contributed by atoms with Gasteiger partial charge in [-0.05, 0) is 85.0 Å². The first-order valence-corrected chi connectivity index (χ1v) is 12.9. The lowest BCUT2D eigenvalue weighted by atomic mass is 9.78. The summed E-state index contributed by atoms with van der Waals surface area (Å²) in [7, 11) is 0. The Labute approximate surface area is 221 Å². The van der Waals surface area contributed by atoms with E-state index in [1.54, 1.807) is 0 Å². The van der Waals surface area contributed by atoms with Crippen LogP contribution in [0.4, 0.5) is 0 Å². The van der Waals surface area contributed by atoms with E-state index in [1.807, 2.05) is 86.6 Å². The fourth-order valence-electron chi connectivity index (χ4n) is 4.33. The van der Waals surface area contributed by atoms with Crippen LogP contribution < -0.4 is 9.47 Å². The predicted molar refractivity (Wildman–Crippen MR) is 151 cm³/mol. The van der Waals surface area contributed by atoms with Crippen LogP contribution in [0.3, 0.4) is 0 Å². The molecule has 0 atom stereocenters. The molecule has 0 aliphatic carbocycles. The van der Waals surface area contributed by atoms with Crippen LogP contribution in [0.2, 0.25) is 0 Å². The minimum Gasteiger partial charge on any atom is -0.491 e. The first-order valence-electron chi connectivity index (χ1n) is 12.9. The molecule has 0 aromatic heterocycles. The molecule has 190 valence electrons. The van der Waals surface area contributed by atoms with Gasteiger partial charge in [0.15, 0.2) is 5.78 Å². The second-order valence-corrected chi connectivity index (χ2v) is 10.6. The van der Waals surface area contributed by atoms with E-state index in [-0.39, 0.29) is 17.3 Å². The Morgan fingerprint density at radius 1 is 0.595 bits per heavy atom. The van der Waals surface area contributed by atoms with Crippen LogP contribution >= 0.6 is 0 Å². The van der Waals surface area contributed by atoms with Gasteiger partial charge in [0.2, 0.25) is 0 Å². The van der Waals surface area contributed by atoms with Gasteiger partial charge in [0, 0.05) is 16.5 Å². The zero-order chi connectivity index (χ0) is 26.6. The Morgan fingerprint density at radius 2 is 1.00 bits per heavy atom. The van der Waals surface area contributed by atoms with Crippen molar-refractivity contribution < 1.29 is 14.3 Å². The third-order valence-corrected chi connectivity index (χ3v) is 6.72. The van der Waals surface area contributed by atoms with E-state index in [9.17, 15) is 4.79 Å². The summed E-state index contributed by atoms with van der Waals surface area (Å²) in [5.41, 5.74) is 4.82. The van der Waals surface area contributed by atoms with Crippen LogP contribution in [0.25, 0.3) is 0 Å². The van der Waals surface area contributed by atoms with E-state index in [0.717, 1.165) is 11.5 Å². The Kier molecular flexibility index (Phi) is 7.83. The fourth-order valence-corrected chi connectivity index (χ4v) is 4.33. The maximum Gasteiger partial charge on any atom is 0.193 e. The highest BCUT2D eigenvalue weighted by molar-refractivity contribution is 6.09. The summed E-state index contributed by atoms with van der Waals surface area (Å²) in [6.45, 7) is 12.8. The summed E-state index contributed by atoms with van der Waals surface area (Å²) >= 11 is 0. The van der Waals surface area contributed by atoms with Gasteiger partial charge in [-0.1, -0.05) is 76.2 Å². The Hall–Kier alpha value is -3.85. The SMILES string of the molecule is CC(C)Oc1ccc(C(C)(C)c2ccc(Oc3ccc(C(=O)c4ccc(C(C)C)cc4)cc3)cc2)cc1. The van der Waals surface area contributed by atoms with Crippen molar-refractivity contribution in [1.82, 2.24) is 0 Å². The minimum absolute atomic E-state index is 0.0113. The lowest BCUT2D eigenvalue weighted by Crippen LogP contribution is -2.18. The molecule has 0 bridgehead atoms. The number of rotatable bonds is 9. The molecule has 3 heteroatoms. The molecule has 0 spiro atoms. The van der Waals surface area contributed by atoms with Crippen molar-refractivity contribution >= 4 is 5.78 Å². The number of hydrogen-bond acceptors (Lipinski definition) is 3. The molecular formula is C34H36O3. The molecule has 4 aromatic carbocycles. The molecule has 0 amide bonds. The highest BCUT2D eigenvalue weighted by Crippen LogP contribution is 2.34. The first kappa shape index (κ1) is 26.2. The molecule has 0 aliphatic heterocycles. The van der Waals surface area contributed by atoms with Crippen LogP contribution in [0.5, 0.6) is 17.2 Å². The molecule has 0 saturated carbocycles. The van der Waals surface area contributed by atoms with Gasteiger partial charge in [-0.3, -0.25) is 4.79 Å². The molecule has 37 heavy (non-hydrogen) atoms. The maximum atomic E-state index is 12.9. The Morgan fingerprint density at radius 3 is 1.43 bits per heavy atom. The molecule has 0 heterocycles. The van der Waals surface area contributed by atoms with Gasteiger partial charge in [0.25, 0.3) is 0 Å². The van der Waals surface area contributed by atoms with E-state index >= 15 is 0 Å². The van der Waals surface area contributed by atoms with E-state index in [1.165, 1.54) is 16.7 Å². The number of ether oxygens (including phenoxy) is 2. The molecule has 0 unspecified atom stereocenters. The number of carbonyl (C=O) groups is 1. The topological polar surface area (TPSA) is 35.5 Å². The third-order valence-electron chi connectivity index (χ3n) is 6.72. The number of carbonyl (C=O) groups excluding carboxylic acids is 1. The molecule has 0 radical (unpaired) electrons. The van der Waals surface area contributed by atoms with Crippen LogP contribution in [0.15, 0.2) is 97.1 Å². The lowest BCUT2D eigenvalue weighted by molar-refractivity contribution is 0.103. The fraction of sp³-hybridized carbons (Fsp3) is 0.265. The Bertz CT molecular complexity index is 1310. The number of ketones is 1. The van der Waals surface area contributed by atoms with E-state index in [4.69, 9.17) is 9.47 Å². The van der Waals surface area contributed by atoms with E-state index < -0.39 is 0 Å². The lowest BCUT2D eigenvalue weighted by Gasteiger charge is -2.26. The molecule has 4 rings (SSSR count). The summed E-state index contributed by atoms with van der Waals surface area (Å²) in [4.78, 5) is 12.9. The molecular weight excluding hydrogens is 456 g/mol. The zero-order valence-electron chi connectivity index (χ0n) is 22.6. The van der Waals surface area contributed by atoms with Crippen molar-refractivity contribution in [3.63, 3.8) is 0 Å². The number of hydrogen-bond donors (Lipinski definition) is 0. The van der Waals surface area contributed by atoms with Crippen LogP contribution in [0.1, 0.15) is 80.1 Å². The minimum atomic E-state index is -0.162. The molecule has 0 saturated heterocycles. The van der Waals surface area contributed by atoms with Gasteiger partial charge in [0.1, 0.15) is 17.2 Å². The van der Waals surface area contributed by atoms with Crippen molar-refractivity contribution in [2.75, 3.05) is 0 Å². The van der Waals surface area contributed by atoms with Crippen LogP contribution in [0, 0.1) is 0 Å². The average molecular weight is 493 g/mol. The normalized spacial score (nSPS) is 11.6. The highest BCUT2D eigenvalue weighted by atomic mass is 16.5. The first-order chi connectivity index (χ1) is 17.6. The predicted octanol–water partition coefficient (Wildman–Crippen LogP) is 8.95. The Balaban J connectivity index is 1.42. The second kappa shape index (κ2) is 11.0. The van der Waals surface area contributed by atoms with Gasteiger partial charge in [0.05, 0.1) is 6.10 Å². The smallest absolute Gasteiger partial charge is 0.193 e. The quantitative estimate of drug-likeness (QED) is 0.219. The van der Waals surface area contributed by atoms with E-state index in [0.29, 0.717) is 22.8 Å². The van der Waals surface area contributed by atoms with Gasteiger partial charge in [-0.2, -0.15) is 0 Å². The van der Waals surface area contributed by atoms with Gasteiger partial charge >= 0.3 is 0 Å². The summed E-state index contributed by atoms with van der Waals surface area (Å²) in [5, 5.41) is 0. The molecule has 4 aromatic rings. The van der Waals surface area contributed by atoms with Crippen molar-refractivity contribution in [2.24, 2.45) is 0 Å². The second-order valence-electron chi connectivity index (χ2n) is 10.6. The average Bonchev–Trinajstić information content (AvgIpc) is 2.89. The van der Waals surface area contributed by atoms with Crippen LogP contribution in [-0.2, 0) is 5.41 Å². The largest absolute Gasteiger partial charge is 0.491 e. The van der Waals surface area contributed by atoms with Crippen molar-refractivity contribution in [1.29, 1.82) is 0 Å². The van der Waals surface area contributed by atoms with Gasteiger partial charge < -0.3 is 9.47 Å². The van der Waals surface area contributed by atoms with E-state index in [2.05, 4.69) is 52.0 Å². The summed E-state index contributed by atoms with van der Waals surface area (Å²) in [5.74, 6) is 2.78. The molecule has 0 N–H and O–H groups in total. The van der Waals surface area contributed by atoms with Crippen molar-refractivity contribution in [3.8, 4) is 17.2 Å². The summed E-state index contributed by atoms with van der Waals surface area (Å²) in [6, 6.07) is 31.7. The standard InChI is InChI=1S/C34H36O3/c1-23(2)25-7-9-26(10-8-25)33(35)27-11-17-31(18-12-27)37-32-21-15-29(16-22-32)34(5,6)28-13-19-30(20-14-28)36-24(3)4/h7-24H,1-6H3. The summed E-state index contributed by atoms with van der Waals surface area (Å²) < 4.78 is 11.8. The summed E-state index contributed by atoms with van der Waals surface area (Å²) in [6.07, 6.45) is 0.157. The van der Waals surface area contributed by atoms with Gasteiger partial charge in [-0.15, -0.1) is 0 Å². The van der Waals surface area contributed by atoms with Crippen molar-refractivity contribution in [2.45, 2.75) is 59.0 Å². The third kappa shape index (κ3) is 6.29. The highest BCUT2D eigenvalue weighted by Gasteiger charge is 2.23. The monoisotopic (exact) mass is 492 g/mol. The van der Waals surface area contributed by atoms with Crippen LogP contribution in [-0.4, -0.2) is 11.9 Å². The van der Waals surface area contributed by atoms with Gasteiger partial charge in [-0.25, -0.2) is 0 Å². The maximum absolute atomic E-state index is 12.9. The molecule has 0 fully saturated rings. The number of benzene rings is 4. The zero-order valence-corrected chi connectivity index (χ0v) is 22.6. The van der Waals surface area contributed by atoms with Crippen molar-refractivity contribution in [3.05, 3.63) is 125 Å². The molecule has 0 aliphatic rings.